The van der Waals surface area contributed by atoms with Crippen LogP contribution in [-0.2, 0) is 4.79 Å². The Morgan fingerprint density at radius 2 is 1.79 bits per heavy atom. The van der Waals surface area contributed by atoms with Gasteiger partial charge in [0.05, 0.1) is 17.3 Å². The van der Waals surface area contributed by atoms with E-state index >= 15 is 0 Å². The second-order valence-corrected chi connectivity index (χ2v) is 8.51. The first kappa shape index (κ1) is 21.4. The number of aromatic nitrogens is 2. The molecular weight excluding hydrogens is 422 g/mol. The van der Waals surface area contributed by atoms with Gasteiger partial charge in [-0.1, -0.05) is 67.1 Å². The highest BCUT2D eigenvalue weighted by Crippen LogP contribution is 2.46. The molecule has 3 aromatic carbocycles. The number of carboxylic acids is 1. The summed E-state index contributed by atoms with van der Waals surface area (Å²) in [5.41, 5.74) is 7.58. The zero-order valence-electron chi connectivity index (χ0n) is 18.5. The predicted octanol–water partition coefficient (Wildman–Crippen LogP) is 6.29. The summed E-state index contributed by atoms with van der Waals surface area (Å²) in [4.78, 5) is 10.9. The van der Waals surface area contributed by atoms with Gasteiger partial charge in [-0.25, -0.2) is 4.79 Å². The highest BCUT2D eigenvalue weighted by atomic mass is 16.4. The molecule has 34 heavy (non-hydrogen) atoms. The van der Waals surface area contributed by atoms with E-state index in [1.807, 2.05) is 42.5 Å². The Bertz CT molecular complexity index is 1450. The van der Waals surface area contributed by atoms with Gasteiger partial charge < -0.3 is 5.11 Å². The first-order chi connectivity index (χ1) is 16.7. The molecule has 0 unspecified atom stereocenters. The summed E-state index contributed by atoms with van der Waals surface area (Å²) in [6, 6.07) is 24.7. The number of hydrogen-bond donors (Lipinski definition) is 2. The van der Waals surface area contributed by atoms with Gasteiger partial charge in [-0.05, 0) is 58.7 Å². The number of hydrogen-bond acceptors (Lipinski definition) is 3. The number of fused-ring (bicyclic) bond motifs is 1. The lowest BCUT2D eigenvalue weighted by molar-refractivity contribution is -0.131. The Balaban J connectivity index is 1.78. The number of aromatic amines is 1. The predicted molar refractivity (Wildman–Crippen MR) is 134 cm³/mol. The van der Waals surface area contributed by atoms with Crippen LogP contribution in [0.1, 0.15) is 47.1 Å². The Morgan fingerprint density at radius 1 is 1.03 bits per heavy atom. The number of rotatable bonds is 6. The van der Waals surface area contributed by atoms with Gasteiger partial charge in [0.2, 0.25) is 0 Å². The summed E-state index contributed by atoms with van der Waals surface area (Å²) in [7, 11) is 0. The number of nitrogens with one attached hydrogen (secondary N) is 1. The molecule has 5 nitrogen and oxygen atoms in total. The van der Waals surface area contributed by atoms with Crippen LogP contribution >= 0.6 is 0 Å². The van der Waals surface area contributed by atoms with E-state index < -0.39 is 5.97 Å². The third-order valence-electron chi connectivity index (χ3n) is 6.49. The average molecular weight is 446 g/mol. The van der Waals surface area contributed by atoms with Crippen molar-refractivity contribution in [3.8, 4) is 6.07 Å². The topological polar surface area (TPSA) is 89.8 Å². The SMILES string of the molecule is N#Cc1c(C(=C(c2ccccc2)C2CCC2)c2ccc(C=CC(=O)O)cc2)ccc2[nH]ncc12. The number of aliphatic carboxylic acids is 1. The van der Waals surface area contributed by atoms with Crippen LogP contribution in [0.2, 0.25) is 0 Å². The molecule has 0 amide bonds. The van der Waals surface area contributed by atoms with Crippen molar-refractivity contribution < 1.29 is 9.90 Å². The second-order valence-electron chi connectivity index (χ2n) is 8.51. The van der Waals surface area contributed by atoms with Crippen molar-refractivity contribution in [2.75, 3.05) is 0 Å². The molecule has 1 saturated carbocycles. The van der Waals surface area contributed by atoms with E-state index in [1.54, 1.807) is 12.3 Å². The minimum atomic E-state index is -0.979. The number of allylic oxidation sites excluding steroid dienone is 1. The minimum absolute atomic E-state index is 0.413. The minimum Gasteiger partial charge on any atom is -0.478 e. The van der Waals surface area contributed by atoms with Crippen LogP contribution < -0.4 is 0 Å². The van der Waals surface area contributed by atoms with Gasteiger partial charge in [0.1, 0.15) is 6.07 Å². The number of carbonyl (C=O) groups is 1. The Kier molecular flexibility index (Phi) is 5.80. The maximum absolute atomic E-state index is 10.9. The van der Waals surface area contributed by atoms with Gasteiger partial charge in [-0.2, -0.15) is 10.4 Å². The van der Waals surface area contributed by atoms with Crippen molar-refractivity contribution >= 4 is 34.1 Å². The van der Waals surface area contributed by atoms with E-state index in [0.29, 0.717) is 11.5 Å². The van der Waals surface area contributed by atoms with Crippen molar-refractivity contribution in [1.29, 1.82) is 5.26 Å². The molecule has 0 aliphatic heterocycles. The Labute approximate surface area is 197 Å². The van der Waals surface area contributed by atoms with Gasteiger partial charge in [-0.15, -0.1) is 0 Å². The average Bonchev–Trinajstić information content (AvgIpc) is 3.31. The van der Waals surface area contributed by atoms with E-state index in [4.69, 9.17) is 5.11 Å². The van der Waals surface area contributed by atoms with Gasteiger partial charge in [0.15, 0.2) is 0 Å². The van der Waals surface area contributed by atoms with Crippen LogP contribution in [0.25, 0.3) is 28.1 Å². The molecular formula is C29H23N3O2. The molecule has 1 aliphatic carbocycles. The van der Waals surface area contributed by atoms with Crippen molar-refractivity contribution in [2.24, 2.45) is 5.92 Å². The largest absolute Gasteiger partial charge is 0.478 e. The van der Waals surface area contributed by atoms with Gasteiger partial charge >= 0.3 is 5.97 Å². The van der Waals surface area contributed by atoms with Crippen LogP contribution in [0.3, 0.4) is 0 Å². The smallest absolute Gasteiger partial charge is 0.328 e. The summed E-state index contributed by atoms with van der Waals surface area (Å²) in [6.45, 7) is 0. The third-order valence-corrected chi connectivity index (χ3v) is 6.49. The van der Waals surface area contributed by atoms with E-state index in [2.05, 4.69) is 40.5 Å². The fourth-order valence-corrected chi connectivity index (χ4v) is 4.63. The molecule has 5 rings (SSSR count). The van der Waals surface area contributed by atoms with E-state index in [-0.39, 0.29) is 0 Å². The second kappa shape index (κ2) is 9.21. The molecule has 0 saturated heterocycles. The van der Waals surface area contributed by atoms with Crippen molar-refractivity contribution in [3.05, 3.63) is 107 Å². The summed E-state index contributed by atoms with van der Waals surface area (Å²) < 4.78 is 0. The van der Waals surface area contributed by atoms with Gasteiger partial charge in [0.25, 0.3) is 0 Å². The van der Waals surface area contributed by atoms with Gasteiger partial charge in [0, 0.05) is 17.0 Å². The fraction of sp³-hybridized carbons (Fsp3) is 0.138. The first-order valence-corrected chi connectivity index (χ1v) is 11.3. The molecule has 1 heterocycles. The molecule has 1 aliphatic rings. The molecule has 166 valence electrons. The molecule has 0 radical (unpaired) electrons. The number of benzene rings is 3. The summed E-state index contributed by atoms with van der Waals surface area (Å²) >= 11 is 0. The third kappa shape index (κ3) is 4.02. The summed E-state index contributed by atoms with van der Waals surface area (Å²) in [6.07, 6.45) is 7.85. The lowest BCUT2D eigenvalue weighted by Gasteiger charge is -2.32. The number of H-pyrrole nitrogens is 1. The maximum atomic E-state index is 10.9. The summed E-state index contributed by atoms with van der Waals surface area (Å²) in [5, 5.41) is 27.0. The van der Waals surface area contributed by atoms with Crippen molar-refractivity contribution in [2.45, 2.75) is 19.3 Å². The van der Waals surface area contributed by atoms with E-state index in [1.165, 1.54) is 12.0 Å². The van der Waals surface area contributed by atoms with E-state index in [9.17, 15) is 10.1 Å². The van der Waals surface area contributed by atoms with Crippen molar-refractivity contribution in [3.63, 3.8) is 0 Å². The number of nitrogens with zero attached hydrogens (tertiary/aromatic N) is 2. The zero-order chi connectivity index (χ0) is 23.5. The van der Waals surface area contributed by atoms with Crippen LogP contribution in [0, 0.1) is 17.2 Å². The Hall–Kier alpha value is -4.43. The molecule has 0 spiro atoms. The molecule has 5 heteroatoms. The van der Waals surface area contributed by atoms with Crippen LogP contribution in [0.15, 0.2) is 79.0 Å². The Morgan fingerprint density at radius 3 is 2.44 bits per heavy atom. The summed E-state index contributed by atoms with van der Waals surface area (Å²) in [5.74, 6) is -0.566. The lowest BCUT2D eigenvalue weighted by Crippen LogP contribution is -2.15. The monoisotopic (exact) mass is 445 g/mol. The standard InChI is InChI=1S/C29H23N3O2/c30-17-24-23(14-15-26-25(24)18-31-32-26)29(22-12-9-19(10-13-22)11-16-27(33)34)28(21-7-4-8-21)20-5-2-1-3-6-20/h1-3,5-6,9-16,18,21H,4,7-8H2,(H,31,32)(H,33,34). The maximum Gasteiger partial charge on any atom is 0.328 e. The quantitative estimate of drug-likeness (QED) is 0.269. The first-order valence-electron chi connectivity index (χ1n) is 11.3. The van der Waals surface area contributed by atoms with Crippen molar-refractivity contribution in [1.82, 2.24) is 10.2 Å². The molecule has 0 atom stereocenters. The molecule has 1 fully saturated rings. The van der Waals surface area contributed by atoms with Crippen LogP contribution in [-0.4, -0.2) is 21.3 Å². The number of carboxylic acid groups (broad SMARTS) is 1. The molecule has 1 aromatic heterocycles. The van der Waals surface area contributed by atoms with E-state index in [0.717, 1.165) is 57.6 Å². The zero-order valence-corrected chi connectivity index (χ0v) is 18.5. The number of nitriles is 1. The molecule has 4 aromatic rings. The fourth-order valence-electron chi connectivity index (χ4n) is 4.63. The molecule has 2 N–H and O–H groups in total. The molecule has 0 bridgehead atoms. The lowest BCUT2D eigenvalue weighted by atomic mass is 9.72. The van der Waals surface area contributed by atoms with Gasteiger partial charge in [-0.3, -0.25) is 5.10 Å². The van der Waals surface area contributed by atoms with Crippen LogP contribution in [0.5, 0.6) is 0 Å². The highest BCUT2D eigenvalue weighted by molar-refractivity contribution is 6.03. The van der Waals surface area contributed by atoms with Crippen LogP contribution in [0.4, 0.5) is 0 Å². The normalized spacial score (nSPS) is 14.6. The highest BCUT2D eigenvalue weighted by Gasteiger charge is 2.28.